The number of hydroxylamine groups is 1. The van der Waals surface area contributed by atoms with Crippen LogP contribution in [0.1, 0.15) is 28.7 Å². The molecule has 0 saturated heterocycles. The Balaban J connectivity index is 1.37. The van der Waals surface area contributed by atoms with E-state index in [1.165, 1.54) is 11.1 Å². The number of benzene rings is 2. The summed E-state index contributed by atoms with van der Waals surface area (Å²) < 4.78 is 5.45. The first-order valence-electron chi connectivity index (χ1n) is 10.6. The zero-order valence-electron chi connectivity index (χ0n) is 17.7. The van der Waals surface area contributed by atoms with Gasteiger partial charge in [0.2, 0.25) is 0 Å². The lowest BCUT2D eigenvalue weighted by atomic mass is 9.87. The number of carboxylic acid groups (broad SMARTS) is 1. The number of aromatic amines is 1. The Labute approximate surface area is 187 Å². The molecule has 0 radical (unpaired) electrons. The van der Waals surface area contributed by atoms with Gasteiger partial charge >= 0.3 is 5.97 Å². The lowest BCUT2D eigenvalue weighted by Crippen LogP contribution is -2.15. The van der Waals surface area contributed by atoms with E-state index in [4.69, 9.17) is 14.7 Å². The number of carboxylic acids is 1. The van der Waals surface area contributed by atoms with E-state index in [0.29, 0.717) is 12.4 Å². The number of nitrogens with one attached hydrogen (secondary N) is 2. The number of fused-ring (bicyclic) bond motifs is 1. The monoisotopic (exact) mass is 430 g/mol. The molecule has 0 spiro atoms. The minimum Gasteiger partial charge on any atom is -0.482 e. The summed E-state index contributed by atoms with van der Waals surface area (Å²) in [7, 11) is 0. The highest BCUT2D eigenvalue weighted by Gasteiger charge is 2.17. The van der Waals surface area contributed by atoms with Crippen LogP contribution in [0.25, 0.3) is 11.8 Å². The van der Waals surface area contributed by atoms with Crippen LogP contribution in [0.3, 0.4) is 0 Å². The predicted octanol–water partition coefficient (Wildman–Crippen LogP) is 4.61. The van der Waals surface area contributed by atoms with Gasteiger partial charge in [-0.3, -0.25) is 10.3 Å². The molecule has 3 aromatic rings. The molecule has 0 unspecified atom stereocenters. The molecule has 0 fully saturated rings. The summed E-state index contributed by atoms with van der Waals surface area (Å²) in [5.74, 6) is -0.298. The standard InChI is InChI=1S/C26H26N2O4/c29-26(30)18-31-25-8-4-7-22-15-19(9-10-23(22)25)12-14-32-28-24(16-20-11-13-27-17-20)21-5-2-1-3-6-21/h1-8,11-13,16-17,27-28H,9-10,14-15,18H2,(H,29,30). The summed E-state index contributed by atoms with van der Waals surface area (Å²) in [6.45, 7) is 0.121. The molecule has 0 aliphatic heterocycles. The van der Waals surface area contributed by atoms with E-state index in [1.807, 2.05) is 67.0 Å². The summed E-state index contributed by atoms with van der Waals surface area (Å²) in [5, 5.41) is 8.87. The normalized spacial score (nSPS) is 14.8. The molecule has 3 N–H and O–H groups in total. The molecule has 4 rings (SSSR count). The molecule has 164 valence electrons. The summed E-state index contributed by atoms with van der Waals surface area (Å²) >= 11 is 0. The van der Waals surface area contributed by atoms with Crippen molar-refractivity contribution in [1.29, 1.82) is 0 Å². The Morgan fingerprint density at radius 2 is 1.97 bits per heavy atom. The van der Waals surface area contributed by atoms with Crippen LogP contribution in [0.4, 0.5) is 0 Å². The molecular formula is C26H26N2O4. The molecule has 6 heteroatoms. The minimum absolute atomic E-state index is 0.321. The van der Waals surface area contributed by atoms with Gasteiger partial charge in [0.1, 0.15) is 5.75 Å². The number of aliphatic carboxylic acids is 1. The maximum Gasteiger partial charge on any atom is 0.341 e. The number of rotatable bonds is 9. The lowest BCUT2D eigenvalue weighted by Gasteiger charge is -2.21. The van der Waals surface area contributed by atoms with Crippen molar-refractivity contribution < 1.29 is 19.5 Å². The SMILES string of the molecule is O=C(O)COc1cccc2c1CCC(=CCONC(=Cc1cc[nH]c1)c1ccccc1)C2. The predicted molar refractivity (Wildman–Crippen MR) is 124 cm³/mol. The van der Waals surface area contributed by atoms with Gasteiger partial charge in [-0.05, 0) is 59.7 Å². The molecule has 0 atom stereocenters. The second kappa shape index (κ2) is 10.5. The van der Waals surface area contributed by atoms with Gasteiger partial charge in [0.15, 0.2) is 6.61 Å². The maximum atomic E-state index is 10.8. The largest absolute Gasteiger partial charge is 0.482 e. The average Bonchev–Trinajstić information content (AvgIpc) is 3.33. The van der Waals surface area contributed by atoms with Gasteiger partial charge in [-0.15, -0.1) is 0 Å². The number of allylic oxidation sites excluding steroid dienone is 1. The van der Waals surface area contributed by atoms with E-state index in [-0.39, 0.29) is 6.61 Å². The second-order valence-corrected chi connectivity index (χ2v) is 7.60. The van der Waals surface area contributed by atoms with Crippen molar-refractivity contribution in [2.45, 2.75) is 19.3 Å². The van der Waals surface area contributed by atoms with E-state index >= 15 is 0 Å². The summed E-state index contributed by atoms with van der Waals surface area (Å²) in [6, 6.07) is 17.9. The molecule has 32 heavy (non-hydrogen) atoms. The molecule has 0 bridgehead atoms. The Morgan fingerprint density at radius 3 is 2.75 bits per heavy atom. The first kappa shape index (κ1) is 21.5. The fourth-order valence-corrected chi connectivity index (χ4v) is 3.79. The molecule has 2 aromatic carbocycles. The summed E-state index contributed by atoms with van der Waals surface area (Å²) in [6.07, 6.45) is 10.5. The third-order valence-electron chi connectivity index (χ3n) is 5.35. The number of hydrogen-bond acceptors (Lipinski definition) is 4. The molecule has 1 aliphatic carbocycles. The molecule has 0 amide bonds. The van der Waals surface area contributed by atoms with Crippen molar-refractivity contribution in [2.24, 2.45) is 0 Å². The van der Waals surface area contributed by atoms with E-state index in [9.17, 15) is 4.79 Å². The first-order valence-corrected chi connectivity index (χ1v) is 10.6. The Bertz CT molecular complexity index is 1100. The van der Waals surface area contributed by atoms with Gasteiger partial charge in [-0.25, -0.2) is 4.79 Å². The van der Waals surface area contributed by atoms with Gasteiger partial charge in [0, 0.05) is 12.4 Å². The number of H-pyrrole nitrogens is 1. The molecule has 1 heterocycles. The zero-order valence-corrected chi connectivity index (χ0v) is 17.7. The van der Waals surface area contributed by atoms with Crippen LogP contribution in [0.2, 0.25) is 0 Å². The highest BCUT2D eigenvalue weighted by atomic mass is 16.6. The van der Waals surface area contributed by atoms with Crippen LogP contribution >= 0.6 is 0 Å². The van der Waals surface area contributed by atoms with Gasteiger partial charge in [0.05, 0.1) is 12.3 Å². The molecule has 1 aromatic heterocycles. The fraction of sp³-hybridized carbons (Fsp3) is 0.192. The summed E-state index contributed by atoms with van der Waals surface area (Å²) in [4.78, 5) is 19.7. The second-order valence-electron chi connectivity index (χ2n) is 7.60. The van der Waals surface area contributed by atoms with Gasteiger partial charge in [-0.1, -0.05) is 54.1 Å². The Kier molecular flexibility index (Phi) is 7.05. The van der Waals surface area contributed by atoms with Crippen LogP contribution in [0.15, 0.2) is 78.6 Å². The number of hydrogen-bond donors (Lipinski definition) is 3. The first-order chi connectivity index (χ1) is 15.7. The number of ether oxygens (including phenoxy) is 1. The van der Waals surface area contributed by atoms with Crippen LogP contribution in [-0.2, 0) is 22.5 Å². The topological polar surface area (TPSA) is 83.6 Å². The Hall–Kier alpha value is -3.77. The van der Waals surface area contributed by atoms with E-state index < -0.39 is 5.97 Å². The van der Waals surface area contributed by atoms with Crippen molar-refractivity contribution in [2.75, 3.05) is 13.2 Å². The van der Waals surface area contributed by atoms with Crippen LogP contribution in [0, 0.1) is 0 Å². The Morgan fingerprint density at radius 1 is 1.09 bits per heavy atom. The van der Waals surface area contributed by atoms with Crippen molar-refractivity contribution in [3.63, 3.8) is 0 Å². The van der Waals surface area contributed by atoms with Crippen molar-refractivity contribution in [1.82, 2.24) is 10.5 Å². The molecular weight excluding hydrogens is 404 g/mol. The maximum absolute atomic E-state index is 10.8. The van der Waals surface area contributed by atoms with Crippen molar-refractivity contribution >= 4 is 17.7 Å². The van der Waals surface area contributed by atoms with Crippen molar-refractivity contribution in [3.8, 4) is 5.75 Å². The molecule has 0 saturated carbocycles. The van der Waals surface area contributed by atoms with Gasteiger partial charge < -0.3 is 14.8 Å². The van der Waals surface area contributed by atoms with Crippen LogP contribution < -0.4 is 10.2 Å². The van der Waals surface area contributed by atoms with Gasteiger partial charge in [0.25, 0.3) is 0 Å². The molecule has 1 aliphatic rings. The number of aromatic nitrogens is 1. The highest BCUT2D eigenvalue weighted by molar-refractivity contribution is 5.79. The van der Waals surface area contributed by atoms with Gasteiger partial charge in [-0.2, -0.15) is 0 Å². The fourth-order valence-electron chi connectivity index (χ4n) is 3.79. The van der Waals surface area contributed by atoms with E-state index in [2.05, 4.69) is 22.6 Å². The smallest absolute Gasteiger partial charge is 0.341 e. The quantitative estimate of drug-likeness (QED) is 0.262. The van der Waals surface area contributed by atoms with E-state index in [0.717, 1.165) is 41.6 Å². The zero-order chi connectivity index (χ0) is 22.2. The average molecular weight is 431 g/mol. The third kappa shape index (κ3) is 5.68. The highest BCUT2D eigenvalue weighted by Crippen LogP contribution is 2.32. The lowest BCUT2D eigenvalue weighted by molar-refractivity contribution is -0.139. The number of carbonyl (C=O) groups is 1. The third-order valence-corrected chi connectivity index (χ3v) is 5.35. The molecule has 6 nitrogen and oxygen atoms in total. The minimum atomic E-state index is -0.968. The van der Waals surface area contributed by atoms with Crippen LogP contribution in [-0.4, -0.2) is 29.3 Å². The summed E-state index contributed by atoms with van der Waals surface area (Å²) in [5.41, 5.74) is 9.66. The van der Waals surface area contributed by atoms with Crippen molar-refractivity contribution in [3.05, 3.63) is 101 Å². The van der Waals surface area contributed by atoms with Crippen LogP contribution in [0.5, 0.6) is 5.75 Å². The van der Waals surface area contributed by atoms with E-state index in [1.54, 1.807) is 0 Å².